The Bertz CT molecular complexity index is 743. The molecule has 6 nitrogen and oxygen atoms in total. The first-order chi connectivity index (χ1) is 11.9. The van der Waals surface area contributed by atoms with E-state index in [9.17, 15) is 4.79 Å². The first-order valence-corrected chi connectivity index (χ1v) is 8.31. The number of anilines is 3. The molecule has 25 heavy (non-hydrogen) atoms. The summed E-state index contributed by atoms with van der Waals surface area (Å²) in [5.74, 6) is 0.779. The van der Waals surface area contributed by atoms with Crippen molar-refractivity contribution in [3.63, 3.8) is 0 Å². The minimum absolute atomic E-state index is 0.344. The number of aliphatic imine (C=N–C) groups is 1. The van der Waals surface area contributed by atoms with Crippen LogP contribution in [0.2, 0.25) is 5.02 Å². The van der Waals surface area contributed by atoms with Gasteiger partial charge in [0.2, 0.25) is 0 Å². The number of urea groups is 1. The molecule has 0 heterocycles. The maximum Gasteiger partial charge on any atom is 0.323 e. The van der Waals surface area contributed by atoms with Crippen LogP contribution in [-0.4, -0.2) is 18.5 Å². The van der Waals surface area contributed by atoms with E-state index in [-0.39, 0.29) is 6.03 Å². The van der Waals surface area contributed by atoms with Crippen LogP contribution in [0, 0.1) is 5.92 Å². The lowest BCUT2D eigenvalue weighted by molar-refractivity contribution is 0.262. The van der Waals surface area contributed by atoms with Crippen molar-refractivity contribution in [3.05, 3.63) is 53.6 Å². The highest BCUT2D eigenvalue weighted by Crippen LogP contribution is 2.17. The molecule has 0 spiro atoms. The SMILES string of the molecule is CC(C)CN=C(N)Nc1cccc(NC(=O)Nc2ccc(Cl)cc2)c1. The van der Waals surface area contributed by atoms with Crippen molar-refractivity contribution in [1.82, 2.24) is 0 Å². The van der Waals surface area contributed by atoms with Gasteiger partial charge in [0, 0.05) is 28.6 Å². The van der Waals surface area contributed by atoms with Crippen LogP contribution in [0.3, 0.4) is 0 Å². The van der Waals surface area contributed by atoms with Gasteiger partial charge in [0.1, 0.15) is 0 Å². The Morgan fingerprint density at radius 3 is 2.28 bits per heavy atom. The third-order valence-corrected chi connectivity index (χ3v) is 3.37. The predicted octanol–water partition coefficient (Wildman–Crippen LogP) is 4.37. The number of rotatable bonds is 5. The van der Waals surface area contributed by atoms with Gasteiger partial charge in [0.15, 0.2) is 5.96 Å². The number of nitrogens with one attached hydrogen (secondary N) is 3. The van der Waals surface area contributed by atoms with Crippen molar-refractivity contribution in [2.45, 2.75) is 13.8 Å². The summed E-state index contributed by atoms with van der Waals surface area (Å²) < 4.78 is 0. The highest BCUT2D eigenvalue weighted by Gasteiger charge is 2.04. The molecule has 2 aromatic carbocycles. The number of guanidine groups is 1. The topological polar surface area (TPSA) is 91.5 Å². The highest BCUT2D eigenvalue weighted by atomic mass is 35.5. The lowest BCUT2D eigenvalue weighted by Gasteiger charge is -2.10. The maximum absolute atomic E-state index is 12.1. The zero-order valence-electron chi connectivity index (χ0n) is 14.2. The van der Waals surface area contributed by atoms with Crippen molar-refractivity contribution in [2.75, 3.05) is 22.5 Å². The fourth-order valence-corrected chi connectivity index (χ4v) is 2.10. The average molecular weight is 360 g/mol. The number of nitrogens with two attached hydrogens (primary N) is 1. The van der Waals surface area contributed by atoms with E-state index in [2.05, 4.69) is 34.8 Å². The molecular weight excluding hydrogens is 338 g/mol. The van der Waals surface area contributed by atoms with Crippen LogP contribution >= 0.6 is 11.6 Å². The fraction of sp³-hybridized carbons (Fsp3) is 0.222. The number of halogens is 1. The summed E-state index contributed by atoms with van der Waals surface area (Å²) in [7, 11) is 0. The van der Waals surface area contributed by atoms with Gasteiger partial charge in [0.25, 0.3) is 0 Å². The van der Waals surface area contributed by atoms with E-state index >= 15 is 0 Å². The van der Waals surface area contributed by atoms with E-state index in [1.807, 2.05) is 12.1 Å². The van der Waals surface area contributed by atoms with Crippen LogP contribution < -0.4 is 21.7 Å². The van der Waals surface area contributed by atoms with E-state index in [1.165, 1.54) is 0 Å². The molecule has 0 bridgehead atoms. The van der Waals surface area contributed by atoms with E-state index in [0.717, 1.165) is 5.69 Å². The van der Waals surface area contributed by atoms with Gasteiger partial charge in [-0.2, -0.15) is 0 Å². The Labute approximate surface area is 152 Å². The standard InChI is InChI=1S/C18H22ClN5O/c1-12(2)11-21-17(20)22-15-4-3-5-16(10-15)24-18(25)23-14-8-6-13(19)7-9-14/h3-10,12H,11H2,1-2H3,(H3,20,21,22)(H2,23,24,25). The summed E-state index contributed by atoms with van der Waals surface area (Å²) in [5.41, 5.74) is 7.88. The zero-order valence-corrected chi connectivity index (χ0v) is 15.0. The second-order valence-corrected chi connectivity index (χ2v) is 6.35. The Balaban J connectivity index is 1.95. The fourth-order valence-electron chi connectivity index (χ4n) is 1.97. The quantitative estimate of drug-likeness (QED) is 0.472. The number of hydrogen-bond acceptors (Lipinski definition) is 2. The molecule has 0 unspecified atom stereocenters. The Kier molecular flexibility index (Phi) is 6.65. The Hall–Kier alpha value is -2.73. The first kappa shape index (κ1) is 18.6. The number of benzene rings is 2. The molecule has 0 fully saturated rings. The molecule has 0 aliphatic rings. The average Bonchev–Trinajstić information content (AvgIpc) is 2.55. The highest BCUT2D eigenvalue weighted by molar-refractivity contribution is 6.30. The molecule has 0 saturated carbocycles. The van der Waals surface area contributed by atoms with Crippen molar-refractivity contribution >= 4 is 40.7 Å². The molecular formula is C18H22ClN5O. The molecule has 132 valence electrons. The number of amides is 2. The van der Waals surface area contributed by atoms with Crippen LogP contribution in [0.1, 0.15) is 13.8 Å². The van der Waals surface area contributed by atoms with E-state index in [4.69, 9.17) is 17.3 Å². The first-order valence-electron chi connectivity index (χ1n) is 7.93. The van der Waals surface area contributed by atoms with Crippen LogP contribution in [-0.2, 0) is 0 Å². The van der Waals surface area contributed by atoms with Gasteiger partial charge in [-0.1, -0.05) is 31.5 Å². The second kappa shape index (κ2) is 8.94. The Morgan fingerprint density at radius 1 is 1.04 bits per heavy atom. The normalized spacial score (nSPS) is 11.3. The van der Waals surface area contributed by atoms with Gasteiger partial charge < -0.3 is 21.7 Å². The number of nitrogens with zero attached hydrogens (tertiary/aromatic N) is 1. The van der Waals surface area contributed by atoms with Crippen molar-refractivity contribution in [2.24, 2.45) is 16.6 Å². The summed E-state index contributed by atoms with van der Waals surface area (Å²) in [6.45, 7) is 4.79. The van der Waals surface area contributed by atoms with Crippen LogP contribution in [0.15, 0.2) is 53.5 Å². The lowest BCUT2D eigenvalue weighted by atomic mass is 10.2. The molecule has 5 N–H and O–H groups in total. The minimum Gasteiger partial charge on any atom is -0.370 e. The third kappa shape index (κ3) is 6.73. The molecule has 0 aromatic heterocycles. The molecule has 0 atom stereocenters. The number of carbonyl (C=O) groups excluding carboxylic acids is 1. The largest absolute Gasteiger partial charge is 0.370 e. The van der Waals surface area contributed by atoms with Gasteiger partial charge in [-0.15, -0.1) is 0 Å². The van der Waals surface area contributed by atoms with E-state index in [1.54, 1.807) is 36.4 Å². The number of carbonyl (C=O) groups is 1. The summed E-state index contributed by atoms with van der Waals surface area (Å²) in [5, 5.41) is 9.12. The molecule has 2 aromatic rings. The molecule has 0 saturated heterocycles. The molecule has 2 rings (SSSR count). The molecule has 0 aliphatic carbocycles. The van der Waals surface area contributed by atoms with Crippen molar-refractivity contribution < 1.29 is 4.79 Å². The van der Waals surface area contributed by atoms with Crippen LogP contribution in [0.5, 0.6) is 0 Å². The van der Waals surface area contributed by atoms with Gasteiger partial charge in [-0.25, -0.2) is 4.79 Å². The molecule has 0 aliphatic heterocycles. The smallest absolute Gasteiger partial charge is 0.323 e. The minimum atomic E-state index is -0.346. The third-order valence-electron chi connectivity index (χ3n) is 3.12. The lowest BCUT2D eigenvalue weighted by Crippen LogP contribution is -2.23. The predicted molar refractivity (Wildman–Crippen MR) is 105 cm³/mol. The van der Waals surface area contributed by atoms with Gasteiger partial charge >= 0.3 is 6.03 Å². The van der Waals surface area contributed by atoms with Gasteiger partial charge in [0.05, 0.1) is 0 Å². The monoisotopic (exact) mass is 359 g/mol. The van der Waals surface area contributed by atoms with Gasteiger partial charge in [-0.05, 0) is 48.4 Å². The van der Waals surface area contributed by atoms with E-state index in [0.29, 0.717) is 34.8 Å². The Morgan fingerprint density at radius 2 is 1.64 bits per heavy atom. The van der Waals surface area contributed by atoms with Crippen LogP contribution in [0.4, 0.5) is 21.9 Å². The summed E-state index contributed by atoms with van der Waals surface area (Å²) in [6.07, 6.45) is 0. The van der Waals surface area contributed by atoms with Crippen LogP contribution in [0.25, 0.3) is 0 Å². The van der Waals surface area contributed by atoms with Crippen molar-refractivity contribution in [1.29, 1.82) is 0 Å². The van der Waals surface area contributed by atoms with Crippen molar-refractivity contribution in [3.8, 4) is 0 Å². The van der Waals surface area contributed by atoms with E-state index < -0.39 is 0 Å². The molecule has 2 amide bonds. The van der Waals surface area contributed by atoms with Gasteiger partial charge in [-0.3, -0.25) is 4.99 Å². The molecule has 7 heteroatoms. The zero-order chi connectivity index (χ0) is 18.2. The summed E-state index contributed by atoms with van der Waals surface area (Å²) in [6, 6.07) is 13.8. The summed E-state index contributed by atoms with van der Waals surface area (Å²) in [4.78, 5) is 16.3. The second-order valence-electron chi connectivity index (χ2n) is 5.91. The molecule has 0 radical (unpaired) electrons. The maximum atomic E-state index is 12.1. The summed E-state index contributed by atoms with van der Waals surface area (Å²) >= 11 is 5.82. The number of hydrogen-bond donors (Lipinski definition) is 4.